The molecule has 2 aliphatic carbocycles. The van der Waals surface area contributed by atoms with E-state index in [1.54, 1.807) is 6.20 Å². The van der Waals surface area contributed by atoms with E-state index in [4.69, 9.17) is 11.6 Å². The summed E-state index contributed by atoms with van der Waals surface area (Å²) < 4.78 is 16.2. The lowest BCUT2D eigenvalue weighted by Crippen LogP contribution is -2.40. The van der Waals surface area contributed by atoms with Gasteiger partial charge in [-0.25, -0.2) is 9.37 Å². The van der Waals surface area contributed by atoms with Crippen LogP contribution in [0.1, 0.15) is 58.6 Å². The Bertz CT molecular complexity index is 1030. The van der Waals surface area contributed by atoms with Crippen LogP contribution in [0.4, 0.5) is 10.2 Å². The number of nitrogens with one attached hydrogen (secondary N) is 2. The first-order valence-electron chi connectivity index (χ1n) is 11.1. The highest BCUT2D eigenvalue weighted by Gasteiger charge is 2.27. The Morgan fingerprint density at radius 1 is 1.23 bits per heavy atom. The third-order valence-corrected chi connectivity index (χ3v) is 6.56. The molecule has 1 atom stereocenters. The van der Waals surface area contributed by atoms with Gasteiger partial charge in [0.15, 0.2) is 0 Å². The maximum Gasteiger partial charge on any atom is 0.252 e. The Kier molecular flexibility index (Phi) is 6.11. The van der Waals surface area contributed by atoms with Crippen LogP contribution in [0.5, 0.6) is 0 Å². The third kappa shape index (κ3) is 4.79. The van der Waals surface area contributed by atoms with E-state index < -0.39 is 5.67 Å². The number of fused-ring (bicyclic) bond motifs is 1. The molecule has 2 aliphatic rings. The average molecular weight is 445 g/mol. The van der Waals surface area contributed by atoms with Gasteiger partial charge in [-0.2, -0.15) is 0 Å². The molecule has 7 heteroatoms. The summed E-state index contributed by atoms with van der Waals surface area (Å²) in [6.07, 6.45) is 10.3. The number of anilines is 1. The van der Waals surface area contributed by atoms with Crippen LogP contribution in [0.2, 0.25) is 0 Å². The maximum atomic E-state index is 14.3. The van der Waals surface area contributed by atoms with Crippen molar-refractivity contribution in [1.82, 2.24) is 14.7 Å². The first-order chi connectivity index (χ1) is 14.7. The van der Waals surface area contributed by atoms with Crippen LogP contribution in [-0.2, 0) is 10.5 Å². The summed E-state index contributed by atoms with van der Waals surface area (Å²) >= 11 is 6.25. The number of amides is 1. The fraction of sp³-hybridized carbons (Fsp3) is 0.500. The van der Waals surface area contributed by atoms with E-state index in [9.17, 15) is 9.18 Å². The van der Waals surface area contributed by atoms with Crippen LogP contribution in [0, 0.1) is 5.92 Å². The Balaban J connectivity index is 1.35. The summed E-state index contributed by atoms with van der Waals surface area (Å²) in [7, 11) is 0. The van der Waals surface area contributed by atoms with Gasteiger partial charge in [0, 0.05) is 23.3 Å². The summed E-state index contributed by atoms with van der Waals surface area (Å²) in [6.45, 7) is 5.12. The zero-order valence-corrected chi connectivity index (χ0v) is 19.0. The molecule has 1 unspecified atom stereocenters. The van der Waals surface area contributed by atoms with Crippen molar-refractivity contribution in [3.05, 3.63) is 52.8 Å². The van der Waals surface area contributed by atoms with Gasteiger partial charge in [0.05, 0.1) is 11.3 Å². The molecular weight excluding hydrogens is 415 g/mol. The van der Waals surface area contributed by atoms with Crippen molar-refractivity contribution in [1.29, 1.82) is 0 Å². The molecule has 0 saturated heterocycles. The molecule has 0 bridgehead atoms. The van der Waals surface area contributed by atoms with Gasteiger partial charge >= 0.3 is 0 Å². The molecule has 1 saturated carbocycles. The molecular formula is C24H30ClFN4O. The number of carbonyl (C=O) groups is 1. The van der Waals surface area contributed by atoms with Crippen molar-refractivity contribution in [2.24, 2.45) is 5.92 Å². The topological polar surface area (TPSA) is 58.4 Å². The summed E-state index contributed by atoms with van der Waals surface area (Å²) in [4.78, 5) is 17.0. The molecule has 1 fully saturated rings. The zero-order valence-electron chi connectivity index (χ0n) is 18.3. The maximum absolute atomic E-state index is 14.3. The highest BCUT2D eigenvalue weighted by atomic mass is 35.5. The van der Waals surface area contributed by atoms with Gasteiger partial charge in [-0.1, -0.05) is 36.7 Å². The van der Waals surface area contributed by atoms with Crippen LogP contribution < -0.4 is 10.6 Å². The van der Waals surface area contributed by atoms with Crippen molar-refractivity contribution in [2.75, 3.05) is 5.32 Å². The number of halogens is 2. The molecule has 2 aromatic heterocycles. The second-order valence-corrected chi connectivity index (χ2v) is 9.48. The van der Waals surface area contributed by atoms with Gasteiger partial charge in [0.25, 0.3) is 5.91 Å². The molecule has 2 N–H and O–H groups in total. The number of nitrogens with zero attached hydrogens (tertiary/aromatic N) is 2. The van der Waals surface area contributed by atoms with Crippen LogP contribution >= 0.6 is 11.6 Å². The molecule has 0 aliphatic heterocycles. The molecule has 0 aromatic carbocycles. The van der Waals surface area contributed by atoms with Gasteiger partial charge in [0.2, 0.25) is 0 Å². The smallest absolute Gasteiger partial charge is 0.252 e. The van der Waals surface area contributed by atoms with Gasteiger partial charge < -0.3 is 10.6 Å². The average Bonchev–Trinajstić information content (AvgIpc) is 3.33. The van der Waals surface area contributed by atoms with Crippen molar-refractivity contribution in [2.45, 2.75) is 70.6 Å². The standard InChI is InChI=1S/C24H30ClFN4O/c1-4-15-12-18(19(25)13-15)23(31)28-17-10-8-16(9-11-17)27-21-6-5-7-22-29-20(14-30(21)22)24(2,3)26/h5-7,12-17,27H,4,8-11H2,1-3H3,(H,28,31)/t15?,16-,17+. The zero-order chi connectivity index (χ0) is 22.2. The molecule has 2 aromatic rings. The largest absolute Gasteiger partial charge is 0.368 e. The lowest BCUT2D eigenvalue weighted by molar-refractivity contribution is -0.118. The highest BCUT2D eigenvalue weighted by molar-refractivity contribution is 6.35. The quantitative estimate of drug-likeness (QED) is 0.621. The summed E-state index contributed by atoms with van der Waals surface area (Å²) in [5.41, 5.74) is 0.273. The predicted molar refractivity (Wildman–Crippen MR) is 123 cm³/mol. The molecule has 166 valence electrons. The van der Waals surface area contributed by atoms with Gasteiger partial charge in [-0.3, -0.25) is 9.20 Å². The number of aromatic nitrogens is 2. The number of rotatable bonds is 6. The van der Waals surface area contributed by atoms with Gasteiger partial charge in [0.1, 0.15) is 17.1 Å². The number of hydrogen-bond donors (Lipinski definition) is 2. The highest BCUT2D eigenvalue weighted by Crippen LogP contribution is 2.30. The Labute approximate surface area is 187 Å². The number of allylic oxidation sites excluding steroid dienone is 2. The number of carbonyl (C=O) groups excluding carboxylic acids is 1. The minimum Gasteiger partial charge on any atom is -0.368 e. The van der Waals surface area contributed by atoms with Crippen LogP contribution in [-0.4, -0.2) is 27.4 Å². The Hall–Kier alpha value is -2.34. The van der Waals surface area contributed by atoms with Crippen molar-refractivity contribution >= 4 is 29.0 Å². The summed E-state index contributed by atoms with van der Waals surface area (Å²) in [5, 5.41) is 7.30. The fourth-order valence-electron chi connectivity index (χ4n) is 4.31. The SMILES string of the molecule is CCC1C=C(Cl)C(C(=O)N[C@H]2CC[C@@H](Nc3cccc4nc(C(C)(C)F)cn34)CC2)=C1. The second kappa shape index (κ2) is 8.65. The van der Waals surface area contributed by atoms with E-state index >= 15 is 0 Å². The molecule has 0 spiro atoms. The monoisotopic (exact) mass is 444 g/mol. The number of hydrogen-bond acceptors (Lipinski definition) is 3. The predicted octanol–water partition coefficient (Wildman–Crippen LogP) is 5.47. The molecule has 2 heterocycles. The van der Waals surface area contributed by atoms with E-state index in [1.165, 1.54) is 13.8 Å². The van der Waals surface area contributed by atoms with Crippen LogP contribution in [0.15, 0.2) is 47.2 Å². The Morgan fingerprint density at radius 3 is 2.58 bits per heavy atom. The van der Waals surface area contributed by atoms with Crippen LogP contribution in [0.3, 0.4) is 0 Å². The minimum atomic E-state index is -1.48. The lowest BCUT2D eigenvalue weighted by atomic mass is 9.91. The van der Waals surface area contributed by atoms with Crippen molar-refractivity contribution in [3.63, 3.8) is 0 Å². The van der Waals surface area contributed by atoms with Crippen molar-refractivity contribution in [3.8, 4) is 0 Å². The van der Waals surface area contributed by atoms with Crippen LogP contribution in [0.25, 0.3) is 5.65 Å². The number of imidazole rings is 1. The second-order valence-electron chi connectivity index (χ2n) is 9.07. The molecule has 5 nitrogen and oxygen atoms in total. The molecule has 0 radical (unpaired) electrons. The normalized spacial score (nSPS) is 24.1. The fourth-order valence-corrected chi connectivity index (χ4v) is 4.62. The summed E-state index contributed by atoms with van der Waals surface area (Å²) in [5.74, 6) is 1.09. The Morgan fingerprint density at radius 2 is 1.94 bits per heavy atom. The van der Waals surface area contributed by atoms with E-state index in [1.807, 2.05) is 34.8 Å². The first kappa shape index (κ1) is 21.9. The molecule has 4 rings (SSSR count). The third-order valence-electron chi connectivity index (χ3n) is 6.23. The van der Waals surface area contributed by atoms with E-state index in [0.717, 1.165) is 43.6 Å². The number of alkyl halides is 1. The summed E-state index contributed by atoms with van der Waals surface area (Å²) in [6, 6.07) is 6.25. The minimum absolute atomic E-state index is 0.0711. The van der Waals surface area contributed by atoms with Crippen molar-refractivity contribution < 1.29 is 9.18 Å². The first-order valence-corrected chi connectivity index (χ1v) is 11.5. The van der Waals surface area contributed by atoms with E-state index in [0.29, 0.717) is 22.3 Å². The molecule has 1 amide bonds. The van der Waals surface area contributed by atoms with E-state index in [2.05, 4.69) is 22.5 Å². The lowest BCUT2D eigenvalue weighted by Gasteiger charge is -2.30. The molecule has 31 heavy (non-hydrogen) atoms. The number of pyridine rings is 1. The van der Waals surface area contributed by atoms with Gasteiger partial charge in [-0.15, -0.1) is 0 Å². The van der Waals surface area contributed by atoms with E-state index in [-0.39, 0.29) is 17.9 Å². The van der Waals surface area contributed by atoms with Gasteiger partial charge in [-0.05, 0) is 64.0 Å².